The summed E-state index contributed by atoms with van der Waals surface area (Å²) in [5.74, 6) is 0.222. The van der Waals surface area contributed by atoms with Crippen molar-refractivity contribution in [2.75, 3.05) is 13.1 Å². The van der Waals surface area contributed by atoms with Crippen LogP contribution in [0.1, 0.15) is 33.4 Å². The minimum atomic E-state index is -0.416. The fourth-order valence-electron chi connectivity index (χ4n) is 2.13. The molecule has 0 unspecified atom stereocenters. The molecule has 0 saturated carbocycles. The zero-order valence-electron chi connectivity index (χ0n) is 11.5. The number of rotatable bonds is 6. The third kappa shape index (κ3) is 3.16. The van der Waals surface area contributed by atoms with E-state index in [1.54, 1.807) is 4.68 Å². The smallest absolute Gasteiger partial charge is 0.158 e. The lowest BCUT2D eigenvalue weighted by atomic mass is 9.93. The van der Waals surface area contributed by atoms with Crippen LogP contribution in [-0.2, 0) is 18.3 Å². The molecule has 1 rings (SSSR count). The van der Waals surface area contributed by atoms with Crippen molar-refractivity contribution in [2.45, 2.75) is 39.7 Å². The van der Waals surface area contributed by atoms with Crippen molar-refractivity contribution in [3.8, 4) is 0 Å². The number of aryl methyl sites for hydroxylation is 1. The summed E-state index contributed by atoms with van der Waals surface area (Å²) >= 11 is 0. The van der Waals surface area contributed by atoms with Gasteiger partial charge in [-0.15, -0.1) is 0 Å². The minimum absolute atomic E-state index is 0.222. The molecule has 0 spiro atoms. The third-order valence-corrected chi connectivity index (χ3v) is 3.35. The van der Waals surface area contributed by atoms with E-state index in [1.807, 2.05) is 33.2 Å². The Balaban J connectivity index is 2.75. The summed E-state index contributed by atoms with van der Waals surface area (Å²) in [6.45, 7) is 9.92. The number of hydrogen-bond donors (Lipinski definition) is 0. The highest BCUT2D eigenvalue weighted by atomic mass is 16.1. The first-order chi connectivity index (χ1) is 7.91. The predicted molar refractivity (Wildman–Crippen MR) is 68.9 cm³/mol. The molecule has 0 aliphatic heterocycles. The van der Waals surface area contributed by atoms with E-state index in [0.29, 0.717) is 6.42 Å². The van der Waals surface area contributed by atoms with Crippen LogP contribution in [0.4, 0.5) is 0 Å². The first-order valence-electron chi connectivity index (χ1n) is 6.18. The predicted octanol–water partition coefficient (Wildman–Crippen LogP) is 1.65. The van der Waals surface area contributed by atoms with Gasteiger partial charge < -0.3 is 0 Å². The Kier molecular flexibility index (Phi) is 4.46. The van der Waals surface area contributed by atoms with Crippen molar-refractivity contribution in [3.05, 3.63) is 18.0 Å². The topological polar surface area (TPSA) is 38.1 Å². The Morgan fingerprint density at radius 3 is 2.41 bits per heavy atom. The molecule has 0 aliphatic carbocycles. The maximum absolute atomic E-state index is 12.3. The number of likely N-dealkylation sites (N-methyl/N-ethyl adjacent to an activating group) is 1. The van der Waals surface area contributed by atoms with Crippen LogP contribution in [0.3, 0.4) is 0 Å². The molecule has 0 radical (unpaired) electrons. The minimum Gasteiger partial charge on any atom is -0.297 e. The van der Waals surface area contributed by atoms with Gasteiger partial charge in [-0.1, -0.05) is 13.8 Å². The van der Waals surface area contributed by atoms with E-state index in [1.165, 1.54) is 0 Å². The summed E-state index contributed by atoms with van der Waals surface area (Å²) in [6, 6.07) is 1.90. The van der Waals surface area contributed by atoms with Gasteiger partial charge in [-0.3, -0.25) is 14.4 Å². The van der Waals surface area contributed by atoms with E-state index in [9.17, 15) is 4.79 Å². The number of carbonyl (C=O) groups excluding carboxylic acids is 1. The van der Waals surface area contributed by atoms with Gasteiger partial charge in [-0.2, -0.15) is 5.10 Å². The molecule has 1 aromatic heterocycles. The number of carbonyl (C=O) groups is 1. The second-order valence-electron chi connectivity index (χ2n) is 4.81. The molecule has 96 valence electrons. The van der Waals surface area contributed by atoms with Crippen molar-refractivity contribution in [3.63, 3.8) is 0 Å². The maximum atomic E-state index is 12.3. The van der Waals surface area contributed by atoms with Crippen LogP contribution >= 0.6 is 0 Å². The molecule has 4 heteroatoms. The second kappa shape index (κ2) is 5.45. The molecule has 17 heavy (non-hydrogen) atoms. The number of nitrogens with zero attached hydrogens (tertiary/aromatic N) is 3. The lowest BCUT2D eigenvalue weighted by Crippen LogP contribution is -2.50. The largest absolute Gasteiger partial charge is 0.297 e. The standard InChI is InChI=1S/C13H23N3O/c1-6-16(7-2)13(3,4)12(17)10-11-8-9-15(5)14-11/h8-9H,6-7,10H2,1-5H3. The number of aromatic nitrogens is 2. The van der Waals surface area contributed by atoms with E-state index in [4.69, 9.17) is 0 Å². The van der Waals surface area contributed by atoms with Crippen molar-refractivity contribution in [1.82, 2.24) is 14.7 Å². The lowest BCUT2D eigenvalue weighted by molar-refractivity contribution is -0.128. The first-order valence-corrected chi connectivity index (χ1v) is 6.18. The molecule has 0 atom stereocenters. The summed E-state index contributed by atoms with van der Waals surface area (Å²) in [5.41, 5.74) is 0.429. The molecule has 1 heterocycles. The zero-order valence-corrected chi connectivity index (χ0v) is 11.5. The molecule has 1 aromatic rings. The van der Waals surface area contributed by atoms with Gasteiger partial charge in [0.05, 0.1) is 17.7 Å². The van der Waals surface area contributed by atoms with Crippen LogP contribution in [0.5, 0.6) is 0 Å². The van der Waals surface area contributed by atoms with E-state index in [-0.39, 0.29) is 5.78 Å². The molecule has 0 bridgehead atoms. The van der Waals surface area contributed by atoms with Gasteiger partial charge in [0.1, 0.15) is 0 Å². The van der Waals surface area contributed by atoms with Crippen molar-refractivity contribution in [2.24, 2.45) is 7.05 Å². The summed E-state index contributed by atoms with van der Waals surface area (Å²) in [7, 11) is 1.86. The molecule has 0 aliphatic rings. The van der Waals surface area contributed by atoms with E-state index in [0.717, 1.165) is 18.8 Å². The Labute approximate surface area is 104 Å². The van der Waals surface area contributed by atoms with E-state index >= 15 is 0 Å². The Bertz CT molecular complexity index is 378. The molecular formula is C13H23N3O. The molecule has 4 nitrogen and oxygen atoms in total. The van der Waals surface area contributed by atoms with Crippen LogP contribution in [0.15, 0.2) is 12.3 Å². The zero-order chi connectivity index (χ0) is 13.1. The molecular weight excluding hydrogens is 214 g/mol. The molecule has 0 aromatic carbocycles. The Morgan fingerprint density at radius 2 is 2.00 bits per heavy atom. The Hall–Kier alpha value is -1.16. The fourth-order valence-corrected chi connectivity index (χ4v) is 2.13. The molecule has 0 fully saturated rings. The number of Topliss-reactive ketones (excluding diaryl/α,β-unsaturated/α-hetero) is 1. The van der Waals surface area contributed by atoms with Crippen LogP contribution in [0.25, 0.3) is 0 Å². The van der Waals surface area contributed by atoms with E-state index in [2.05, 4.69) is 23.8 Å². The monoisotopic (exact) mass is 237 g/mol. The normalized spacial score (nSPS) is 12.1. The number of hydrogen-bond acceptors (Lipinski definition) is 3. The highest BCUT2D eigenvalue weighted by molar-refractivity contribution is 5.89. The fraction of sp³-hybridized carbons (Fsp3) is 0.692. The van der Waals surface area contributed by atoms with Gasteiger partial charge in [-0.25, -0.2) is 0 Å². The van der Waals surface area contributed by atoms with Gasteiger partial charge in [0, 0.05) is 13.2 Å². The number of ketones is 1. The SMILES string of the molecule is CCN(CC)C(C)(C)C(=O)Cc1ccn(C)n1. The van der Waals surface area contributed by atoms with Crippen LogP contribution < -0.4 is 0 Å². The van der Waals surface area contributed by atoms with Crippen molar-refractivity contribution < 1.29 is 4.79 Å². The third-order valence-electron chi connectivity index (χ3n) is 3.35. The van der Waals surface area contributed by atoms with E-state index < -0.39 is 5.54 Å². The highest BCUT2D eigenvalue weighted by Gasteiger charge is 2.32. The lowest BCUT2D eigenvalue weighted by Gasteiger charge is -2.35. The summed E-state index contributed by atoms with van der Waals surface area (Å²) < 4.78 is 1.73. The van der Waals surface area contributed by atoms with Gasteiger partial charge in [0.2, 0.25) is 0 Å². The average Bonchev–Trinajstić information content (AvgIpc) is 2.65. The van der Waals surface area contributed by atoms with Crippen LogP contribution in [0.2, 0.25) is 0 Å². The van der Waals surface area contributed by atoms with Crippen LogP contribution in [-0.4, -0.2) is 39.1 Å². The highest BCUT2D eigenvalue weighted by Crippen LogP contribution is 2.17. The maximum Gasteiger partial charge on any atom is 0.158 e. The summed E-state index contributed by atoms with van der Waals surface area (Å²) in [6.07, 6.45) is 2.28. The molecule has 0 saturated heterocycles. The average molecular weight is 237 g/mol. The summed E-state index contributed by atoms with van der Waals surface area (Å²) in [5, 5.41) is 4.25. The van der Waals surface area contributed by atoms with Gasteiger partial charge >= 0.3 is 0 Å². The van der Waals surface area contributed by atoms with Gasteiger partial charge in [0.15, 0.2) is 5.78 Å². The molecule has 0 N–H and O–H groups in total. The van der Waals surface area contributed by atoms with Crippen LogP contribution in [0, 0.1) is 0 Å². The van der Waals surface area contributed by atoms with Crippen molar-refractivity contribution >= 4 is 5.78 Å². The summed E-state index contributed by atoms with van der Waals surface area (Å²) in [4.78, 5) is 14.5. The first kappa shape index (κ1) is 13.9. The molecule has 0 amide bonds. The second-order valence-corrected chi connectivity index (χ2v) is 4.81. The van der Waals surface area contributed by atoms with Crippen molar-refractivity contribution in [1.29, 1.82) is 0 Å². The quantitative estimate of drug-likeness (QED) is 0.755. The van der Waals surface area contributed by atoms with Gasteiger partial charge in [0.25, 0.3) is 0 Å². The van der Waals surface area contributed by atoms with Gasteiger partial charge in [-0.05, 0) is 33.0 Å². The Morgan fingerprint density at radius 1 is 1.41 bits per heavy atom.